The molecule has 4 rings (SSSR count). The lowest BCUT2D eigenvalue weighted by Crippen LogP contribution is -2.46. The van der Waals surface area contributed by atoms with Gasteiger partial charge in [-0.1, -0.05) is 18.1 Å². The summed E-state index contributed by atoms with van der Waals surface area (Å²) in [4.78, 5) is 14.5. The van der Waals surface area contributed by atoms with Crippen LogP contribution in [0.15, 0.2) is 6.20 Å². The second-order valence-electron chi connectivity index (χ2n) is 7.52. The van der Waals surface area contributed by atoms with E-state index in [1.165, 1.54) is 31.4 Å². The smallest absolute Gasteiger partial charge is 0.251 e. The third-order valence-corrected chi connectivity index (χ3v) is 5.91. The number of carbonyl (C=O) groups excluding carboxylic acids is 1. The molecule has 6 nitrogen and oxygen atoms in total. The van der Waals surface area contributed by atoms with Crippen molar-refractivity contribution < 1.29 is 9.53 Å². The summed E-state index contributed by atoms with van der Waals surface area (Å²) in [7, 11) is 0. The molecule has 1 aliphatic carbocycles. The number of rotatable bonds is 3. The van der Waals surface area contributed by atoms with Gasteiger partial charge in [-0.05, 0) is 44.9 Å². The average Bonchev–Trinajstić information content (AvgIpc) is 3.33. The molecule has 3 heterocycles. The molecule has 0 radical (unpaired) electrons. The Morgan fingerprint density at radius 3 is 2.50 bits per heavy atom. The summed E-state index contributed by atoms with van der Waals surface area (Å²) in [5.74, 6) is 0.808. The van der Waals surface area contributed by atoms with E-state index in [1.54, 1.807) is 0 Å². The van der Waals surface area contributed by atoms with Crippen LogP contribution in [0.25, 0.3) is 0 Å². The Balaban J connectivity index is 1.31. The quantitative estimate of drug-likeness (QED) is 0.854. The van der Waals surface area contributed by atoms with Crippen molar-refractivity contribution in [2.24, 2.45) is 0 Å². The minimum atomic E-state index is -0.198. The van der Waals surface area contributed by atoms with Crippen molar-refractivity contribution in [3.8, 4) is 0 Å². The highest BCUT2D eigenvalue weighted by atomic mass is 16.5. The number of aromatic nitrogens is 3. The minimum absolute atomic E-state index is 0.193. The molecule has 1 unspecified atom stereocenters. The Labute approximate surface area is 143 Å². The molecule has 1 saturated carbocycles. The van der Waals surface area contributed by atoms with E-state index >= 15 is 0 Å². The van der Waals surface area contributed by atoms with Gasteiger partial charge < -0.3 is 9.64 Å². The first-order valence-electron chi connectivity index (χ1n) is 9.63. The summed E-state index contributed by atoms with van der Waals surface area (Å²) in [6.07, 6.45) is 12.1. The predicted molar refractivity (Wildman–Crippen MR) is 89.7 cm³/mol. The monoisotopic (exact) mass is 332 g/mol. The van der Waals surface area contributed by atoms with Crippen LogP contribution < -0.4 is 0 Å². The molecule has 0 N–H and O–H groups in total. The SMILES string of the molecule is O=C(C1CCCCO1)N1CCC(n2cc(C3CCCC3)nn2)CC1. The van der Waals surface area contributed by atoms with Crippen LogP contribution in [0.2, 0.25) is 0 Å². The Morgan fingerprint density at radius 1 is 1.04 bits per heavy atom. The van der Waals surface area contributed by atoms with Gasteiger partial charge in [0.2, 0.25) is 0 Å². The standard InChI is InChI=1S/C18H28N4O2/c23-18(17-7-3-4-12-24-17)21-10-8-15(9-11-21)22-13-16(19-20-22)14-5-1-2-6-14/h13-15,17H,1-12H2. The lowest BCUT2D eigenvalue weighted by atomic mass is 10.0. The zero-order valence-corrected chi connectivity index (χ0v) is 14.4. The van der Waals surface area contributed by atoms with Gasteiger partial charge in [-0.15, -0.1) is 5.10 Å². The lowest BCUT2D eigenvalue weighted by molar-refractivity contribution is -0.147. The number of carbonyl (C=O) groups is 1. The molecule has 132 valence electrons. The molecule has 6 heteroatoms. The van der Waals surface area contributed by atoms with Crippen LogP contribution in [0, 0.1) is 0 Å². The van der Waals surface area contributed by atoms with Gasteiger partial charge in [0.25, 0.3) is 5.91 Å². The number of likely N-dealkylation sites (tertiary alicyclic amines) is 1. The van der Waals surface area contributed by atoms with Gasteiger partial charge in [-0.2, -0.15) is 0 Å². The van der Waals surface area contributed by atoms with Gasteiger partial charge in [0.15, 0.2) is 0 Å². The number of hydrogen-bond acceptors (Lipinski definition) is 4. The fourth-order valence-corrected chi connectivity index (χ4v) is 4.37. The molecule has 2 saturated heterocycles. The Bertz CT molecular complexity index is 553. The minimum Gasteiger partial charge on any atom is -0.368 e. The molecule has 1 aromatic rings. The van der Waals surface area contributed by atoms with Crippen LogP contribution in [-0.2, 0) is 9.53 Å². The maximum Gasteiger partial charge on any atom is 0.251 e. The Kier molecular flexibility index (Phi) is 4.83. The molecular formula is C18H28N4O2. The Morgan fingerprint density at radius 2 is 1.79 bits per heavy atom. The number of amides is 1. The van der Waals surface area contributed by atoms with Gasteiger partial charge in [0.1, 0.15) is 6.10 Å². The van der Waals surface area contributed by atoms with E-state index < -0.39 is 0 Å². The first-order chi connectivity index (χ1) is 11.8. The largest absolute Gasteiger partial charge is 0.368 e. The number of hydrogen-bond donors (Lipinski definition) is 0. The zero-order chi connectivity index (χ0) is 16.4. The number of ether oxygens (including phenoxy) is 1. The predicted octanol–water partition coefficient (Wildman–Crippen LogP) is 2.67. The van der Waals surface area contributed by atoms with Crippen molar-refractivity contribution in [2.45, 2.75) is 75.9 Å². The Hall–Kier alpha value is -1.43. The van der Waals surface area contributed by atoms with Crippen molar-refractivity contribution in [1.82, 2.24) is 19.9 Å². The van der Waals surface area contributed by atoms with Crippen LogP contribution in [0.1, 0.15) is 75.4 Å². The van der Waals surface area contributed by atoms with Gasteiger partial charge in [-0.25, -0.2) is 4.68 Å². The molecular weight excluding hydrogens is 304 g/mol. The van der Waals surface area contributed by atoms with Crippen LogP contribution in [-0.4, -0.2) is 51.6 Å². The third-order valence-electron chi connectivity index (χ3n) is 5.91. The summed E-state index contributed by atoms with van der Waals surface area (Å²) >= 11 is 0. The molecule has 3 fully saturated rings. The van der Waals surface area contributed by atoms with Crippen molar-refractivity contribution in [2.75, 3.05) is 19.7 Å². The normalized spacial score (nSPS) is 26.8. The van der Waals surface area contributed by atoms with E-state index in [2.05, 4.69) is 16.5 Å². The zero-order valence-electron chi connectivity index (χ0n) is 14.4. The molecule has 0 bridgehead atoms. The van der Waals surface area contributed by atoms with E-state index in [-0.39, 0.29) is 12.0 Å². The first kappa shape index (κ1) is 16.1. The maximum absolute atomic E-state index is 12.5. The van der Waals surface area contributed by atoms with E-state index in [1.807, 2.05) is 9.58 Å². The van der Waals surface area contributed by atoms with Gasteiger partial charge >= 0.3 is 0 Å². The van der Waals surface area contributed by atoms with Crippen LogP contribution in [0.4, 0.5) is 0 Å². The van der Waals surface area contributed by atoms with Crippen molar-refractivity contribution in [1.29, 1.82) is 0 Å². The highest BCUT2D eigenvalue weighted by Crippen LogP contribution is 2.33. The fourth-order valence-electron chi connectivity index (χ4n) is 4.37. The van der Waals surface area contributed by atoms with E-state index in [4.69, 9.17) is 4.74 Å². The molecule has 2 aliphatic heterocycles. The second-order valence-corrected chi connectivity index (χ2v) is 7.52. The molecule has 0 spiro atoms. The van der Waals surface area contributed by atoms with Crippen LogP contribution in [0.5, 0.6) is 0 Å². The van der Waals surface area contributed by atoms with E-state index in [0.717, 1.165) is 51.8 Å². The lowest BCUT2D eigenvalue weighted by Gasteiger charge is -2.34. The highest BCUT2D eigenvalue weighted by Gasteiger charge is 2.31. The van der Waals surface area contributed by atoms with Crippen molar-refractivity contribution in [3.63, 3.8) is 0 Å². The van der Waals surface area contributed by atoms with Crippen molar-refractivity contribution >= 4 is 5.91 Å². The summed E-state index contributed by atoms with van der Waals surface area (Å²) < 4.78 is 7.69. The molecule has 0 aromatic carbocycles. The van der Waals surface area contributed by atoms with Gasteiger partial charge in [0, 0.05) is 31.8 Å². The second kappa shape index (κ2) is 7.21. The van der Waals surface area contributed by atoms with Crippen LogP contribution >= 0.6 is 0 Å². The fraction of sp³-hybridized carbons (Fsp3) is 0.833. The number of piperidine rings is 1. The third kappa shape index (κ3) is 3.34. The van der Waals surface area contributed by atoms with Crippen molar-refractivity contribution in [3.05, 3.63) is 11.9 Å². The highest BCUT2D eigenvalue weighted by molar-refractivity contribution is 5.81. The summed E-state index contributed by atoms with van der Waals surface area (Å²) in [6.45, 7) is 2.35. The van der Waals surface area contributed by atoms with E-state index in [0.29, 0.717) is 12.0 Å². The topological polar surface area (TPSA) is 60.2 Å². The summed E-state index contributed by atoms with van der Waals surface area (Å²) in [5.41, 5.74) is 1.17. The van der Waals surface area contributed by atoms with Gasteiger partial charge in [-0.3, -0.25) is 4.79 Å². The average molecular weight is 332 g/mol. The summed E-state index contributed by atoms with van der Waals surface area (Å²) in [6, 6.07) is 0.379. The van der Waals surface area contributed by atoms with E-state index in [9.17, 15) is 4.79 Å². The van der Waals surface area contributed by atoms with Gasteiger partial charge in [0.05, 0.1) is 11.7 Å². The first-order valence-corrected chi connectivity index (χ1v) is 9.63. The molecule has 1 atom stereocenters. The number of nitrogens with zero attached hydrogens (tertiary/aromatic N) is 4. The maximum atomic E-state index is 12.5. The molecule has 24 heavy (non-hydrogen) atoms. The molecule has 1 aromatic heterocycles. The summed E-state index contributed by atoms with van der Waals surface area (Å²) in [5, 5.41) is 8.80. The molecule has 1 amide bonds. The molecule has 3 aliphatic rings. The van der Waals surface area contributed by atoms with Crippen LogP contribution in [0.3, 0.4) is 0 Å².